The molecule has 1 aliphatic heterocycles. The van der Waals surface area contributed by atoms with Crippen molar-refractivity contribution in [1.82, 2.24) is 4.90 Å². The smallest absolute Gasteiger partial charge is 0.127 e. The molecule has 1 heterocycles. The van der Waals surface area contributed by atoms with Gasteiger partial charge in [-0.15, -0.1) is 0 Å². The maximum absolute atomic E-state index is 14.1. The Morgan fingerprint density at radius 2 is 2.14 bits per heavy atom. The number of benzene rings is 2. The summed E-state index contributed by atoms with van der Waals surface area (Å²) in [4.78, 5) is 2.04. The number of nitrogens with zero attached hydrogens (tertiary/aromatic N) is 1. The fraction of sp³-hybridized carbons (Fsp3) is 0.455. The van der Waals surface area contributed by atoms with Crippen LogP contribution in [0.25, 0.3) is 0 Å². The van der Waals surface area contributed by atoms with Gasteiger partial charge >= 0.3 is 0 Å². The second kappa shape index (κ2) is 10.2. The maximum atomic E-state index is 14.1. The van der Waals surface area contributed by atoms with Gasteiger partial charge < -0.3 is 14.6 Å². The quantitative estimate of drug-likeness (QED) is 0.676. The van der Waals surface area contributed by atoms with Crippen molar-refractivity contribution in [2.24, 2.45) is 0 Å². The molecule has 0 amide bonds. The molecule has 28 heavy (non-hydrogen) atoms. The summed E-state index contributed by atoms with van der Waals surface area (Å²) in [6, 6.07) is 12.1. The van der Waals surface area contributed by atoms with Crippen LogP contribution in [0.15, 0.2) is 42.5 Å². The molecule has 2 atom stereocenters. The van der Waals surface area contributed by atoms with Crippen LogP contribution in [-0.4, -0.2) is 48.5 Å². The number of aliphatic hydroxyl groups is 1. The van der Waals surface area contributed by atoms with Gasteiger partial charge in [0.2, 0.25) is 0 Å². The predicted octanol–water partition coefficient (Wildman–Crippen LogP) is 4.21. The zero-order chi connectivity index (χ0) is 19.9. The monoisotopic (exact) mass is 407 g/mol. The number of hydrogen-bond acceptors (Lipinski definition) is 4. The van der Waals surface area contributed by atoms with Gasteiger partial charge in [0, 0.05) is 36.8 Å². The lowest BCUT2D eigenvalue weighted by Gasteiger charge is -2.27. The molecule has 0 bridgehead atoms. The molecule has 3 rings (SSSR count). The molecule has 152 valence electrons. The Kier molecular flexibility index (Phi) is 7.68. The van der Waals surface area contributed by atoms with Crippen LogP contribution in [-0.2, 0) is 11.3 Å². The van der Waals surface area contributed by atoms with Gasteiger partial charge in [0.15, 0.2) is 0 Å². The normalized spacial score (nSPS) is 17.8. The van der Waals surface area contributed by atoms with Crippen LogP contribution in [0.1, 0.15) is 24.0 Å². The molecular weight excluding hydrogens is 381 g/mol. The number of aryl methyl sites for hydroxylation is 1. The van der Waals surface area contributed by atoms with Gasteiger partial charge in [0.05, 0.1) is 6.10 Å². The molecule has 2 aromatic rings. The highest BCUT2D eigenvalue weighted by Gasteiger charge is 2.22. The van der Waals surface area contributed by atoms with E-state index in [1.165, 1.54) is 6.07 Å². The zero-order valence-corrected chi connectivity index (χ0v) is 16.9. The van der Waals surface area contributed by atoms with Gasteiger partial charge in [-0.25, -0.2) is 4.39 Å². The largest absolute Gasteiger partial charge is 0.491 e. The standard InChI is InChI=1S/C22H27ClFNO3/c1-16-11-19(8-9-21(16)23)28-15-18(26)13-25(14-20-6-4-10-27-20)12-17-5-2-3-7-22(17)24/h2-3,5,7-9,11,18,20,26H,4,6,10,12-15H2,1H3. The second-order valence-electron chi connectivity index (χ2n) is 7.30. The van der Waals surface area contributed by atoms with Crippen LogP contribution in [0, 0.1) is 12.7 Å². The van der Waals surface area contributed by atoms with Gasteiger partial charge in [0.25, 0.3) is 0 Å². The Morgan fingerprint density at radius 3 is 2.86 bits per heavy atom. The highest BCUT2D eigenvalue weighted by molar-refractivity contribution is 6.31. The van der Waals surface area contributed by atoms with Gasteiger partial charge in [-0.05, 0) is 49.6 Å². The minimum absolute atomic E-state index is 0.124. The van der Waals surface area contributed by atoms with E-state index in [2.05, 4.69) is 0 Å². The Labute approximate surface area is 170 Å². The first-order chi connectivity index (χ1) is 13.5. The Morgan fingerprint density at radius 1 is 1.32 bits per heavy atom. The number of hydrogen-bond donors (Lipinski definition) is 1. The SMILES string of the molecule is Cc1cc(OCC(O)CN(Cc2ccccc2F)CC2CCCO2)ccc1Cl. The highest BCUT2D eigenvalue weighted by atomic mass is 35.5. The third kappa shape index (κ3) is 6.17. The summed E-state index contributed by atoms with van der Waals surface area (Å²) in [7, 11) is 0. The van der Waals surface area contributed by atoms with E-state index in [9.17, 15) is 9.50 Å². The molecule has 1 saturated heterocycles. The van der Waals surface area contributed by atoms with Gasteiger partial charge in [-0.2, -0.15) is 0 Å². The second-order valence-corrected chi connectivity index (χ2v) is 7.70. The van der Waals surface area contributed by atoms with Crippen molar-refractivity contribution in [2.45, 2.75) is 38.5 Å². The molecule has 0 aliphatic carbocycles. The van der Waals surface area contributed by atoms with Gasteiger partial charge in [-0.1, -0.05) is 29.8 Å². The molecule has 1 N–H and O–H groups in total. The van der Waals surface area contributed by atoms with Crippen LogP contribution in [0.2, 0.25) is 5.02 Å². The molecule has 4 nitrogen and oxygen atoms in total. The first-order valence-corrected chi connectivity index (χ1v) is 10.0. The average molecular weight is 408 g/mol. The Hall–Kier alpha value is -1.66. The summed E-state index contributed by atoms with van der Waals surface area (Å²) >= 11 is 6.03. The summed E-state index contributed by atoms with van der Waals surface area (Å²) in [6.07, 6.45) is 1.45. The summed E-state index contributed by atoms with van der Waals surface area (Å²) in [5, 5.41) is 11.2. The minimum Gasteiger partial charge on any atom is -0.491 e. The minimum atomic E-state index is -0.704. The van der Waals surface area contributed by atoms with E-state index < -0.39 is 6.10 Å². The summed E-state index contributed by atoms with van der Waals surface area (Å²) < 4.78 is 25.5. The van der Waals surface area contributed by atoms with E-state index >= 15 is 0 Å². The third-order valence-corrected chi connectivity index (χ3v) is 5.30. The van der Waals surface area contributed by atoms with E-state index in [1.54, 1.807) is 24.3 Å². The molecule has 6 heteroatoms. The number of aliphatic hydroxyl groups excluding tert-OH is 1. The van der Waals surface area contributed by atoms with Gasteiger partial charge in [0.1, 0.15) is 24.3 Å². The van der Waals surface area contributed by atoms with E-state index in [0.717, 1.165) is 25.0 Å². The fourth-order valence-corrected chi connectivity index (χ4v) is 3.52. The number of rotatable bonds is 9. The highest BCUT2D eigenvalue weighted by Crippen LogP contribution is 2.21. The number of ether oxygens (including phenoxy) is 2. The van der Waals surface area contributed by atoms with Crippen molar-refractivity contribution >= 4 is 11.6 Å². The molecule has 0 saturated carbocycles. The van der Waals surface area contributed by atoms with Crippen molar-refractivity contribution in [3.63, 3.8) is 0 Å². The van der Waals surface area contributed by atoms with Gasteiger partial charge in [-0.3, -0.25) is 4.90 Å². The van der Waals surface area contributed by atoms with Crippen LogP contribution in [0.3, 0.4) is 0 Å². The number of halogens is 2. The van der Waals surface area contributed by atoms with Crippen LogP contribution >= 0.6 is 11.6 Å². The molecule has 1 aliphatic rings. The maximum Gasteiger partial charge on any atom is 0.127 e. The lowest BCUT2D eigenvalue weighted by Crippen LogP contribution is -2.39. The van der Waals surface area contributed by atoms with E-state index in [4.69, 9.17) is 21.1 Å². The Balaban J connectivity index is 1.58. The first-order valence-electron chi connectivity index (χ1n) is 9.65. The topological polar surface area (TPSA) is 41.9 Å². The van der Waals surface area contributed by atoms with Crippen molar-refractivity contribution < 1.29 is 19.0 Å². The van der Waals surface area contributed by atoms with E-state index in [-0.39, 0.29) is 18.5 Å². The molecule has 0 aromatic heterocycles. The van der Waals surface area contributed by atoms with Crippen molar-refractivity contribution in [3.05, 3.63) is 64.4 Å². The first kappa shape index (κ1) is 21.1. The molecule has 2 aromatic carbocycles. The lowest BCUT2D eigenvalue weighted by molar-refractivity contribution is 0.0310. The molecule has 0 spiro atoms. The molecule has 1 fully saturated rings. The summed E-state index contributed by atoms with van der Waals surface area (Å²) in [5.74, 6) is 0.433. The van der Waals surface area contributed by atoms with Crippen molar-refractivity contribution in [3.8, 4) is 5.75 Å². The van der Waals surface area contributed by atoms with Crippen LogP contribution < -0.4 is 4.74 Å². The van der Waals surface area contributed by atoms with Crippen molar-refractivity contribution in [2.75, 3.05) is 26.3 Å². The predicted molar refractivity (Wildman–Crippen MR) is 108 cm³/mol. The summed E-state index contributed by atoms with van der Waals surface area (Å²) in [5.41, 5.74) is 1.54. The van der Waals surface area contributed by atoms with Crippen LogP contribution in [0.5, 0.6) is 5.75 Å². The lowest BCUT2D eigenvalue weighted by atomic mass is 10.1. The zero-order valence-electron chi connectivity index (χ0n) is 16.1. The molecule has 2 unspecified atom stereocenters. The van der Waals surface area contributed by atoms with E-state index in [1.807, 2.05) is 24.0 Å². The summed E-state index contributed by atoms with van der Waals surface area (Å²) in [6.45, 7) is 4.28. The van der Waals surface area contributed by atoms with Crippen molar-refractivity contribution in [1.29, 1.82) is 0 Å². The fourth-order valence-electron chi connectivity index (χ4n) is 3.40. The molecular formula is C22H27ClFNO3. The van der Waals surface area contributed by atoms with Crippen LogP contribution in [0.4, 0.5) is 4.39 Å². The Bertz CT molecular complexity index is 767. The molecule has 0 radical (unpaired) electrons. The third-order valence-electron chi connectivity index (χ3n) is 4.88. The average Bonchev–Trinajstić information content (AvgIpc) is 3.17. The van der Waals surface area contributed by atoms with E-state index in [0.29, 0.717) is 36.0 Å².